The van der Waals surface area contributed by atoms with Crippen molar-refractivity contribution < 1.29 is 5.11 Å². The summed E-state index contributed by atoms with van der Waals surface area (Å²) in [5, 5.41) is 9.92. The van der Waals surface area contributed by atoms with E-state index in [-0.39, 0.29) is 0 Å². The summed E-state index contributed by atoms with van der Waals surface area (Å²) < 4.78 is 0. The number of aryl methyl sites for hydroxylation is 3. The van der Waals surface area contributed by atoms with E-state index in [9.17, 15) is 5.11 Å². The Labute approximate surface area is 140 Å². The zero-order valence-electron chi connectivity index (χ0n) is 14.8. The van der Waals surface area contributed by atoms with Crippen molar-refractivity contribution in [2.45, 2.75) is 41.0 Å². The number of phenolic OH excluding ortho intramolecular Hbond substituents is 1. The molecule has 0 amide bonds. The van der Waals surface area contributed by atoms with Gasteiger partial charge in [-0.3, -0.25) is 0 Å². The zero-order valence-corrected chi connectivity index (χ0v) is 14.8. The molecule has 0 heterocycles. The summed E-state index contributed by atoms with van der Waals surface area (Å²) in [5.74, 6) is 0.322. The molecular weight excluding hydrogens is 280 g/mol. The van der Waals surface area contributed by atoms with Gasteiger partial charge in [-0.2, -0.15) is 0 Å². The van der Waals surface area contributed by atoms with E-state index in [0.717, 1.165) is 17.5 Å². The van der Waals surface area contributed by atoms with Gasteiger partial charge in [0.25, 0.3) is 0 Å². The Bertz CT molecular complexity index is 760. The van der Waals surface area contributed by atoms with E-state index in [0.29, 0.717) is 5.75 Å². The Hall–Kier alpha value is -2.28. The van der Waals surface area contributed by atoms with E-state index in [1.807, 2.05) is 12.1 Å². The van der Waals surface area contributed by atoms with E-state index in [2.05, 4.69) is 71.0 Å². The first kappa shape index (κ1) is 17.1. The third kappa shape index (κ3) is 4.59. The van der Waals surface area contributed by atoms with E-state index < -0.39 is 0 Å². The third-order valence-electron chi connectivity index (χ3n) is 4.19. The average molecular weight is 306 g/mol. The van der Waals surface area contributed by atoms with Gasteiger partial charge in [0.2, 0.25) is 0 Å². The second-order valence-electron chi connectivity index (χ2n) is 6.49. The Kier molecular flexibility index (Phi) is 5.44. The van der Waals surface area contributed by atoms with E-state index in [1.165, 1.54) is 27.8 Å². The van der Waals surface area contributed by atoms with Crippen molar-refractivity contribution in [3.05, 3.63) is 75.4 Å². The highest BCUT2D eigenvalue weighted by molar-refractivity contribution is 5.73. The topological polar surface area (TPSA) is 20.2 Å². The number of hydrogen-bond donors (Lipinski definition) is 1. The molecule has 1 N–H and O–H groups in total. The Morgan fingerprint density at radius 1 is 0.913 bits per heavy atom. The minimum absolute atomic E-state index is 0.322. The summed E-state index contributed by atoms with van der Waals surface area (Å²) in [6.07, 6.45) is 7.34. The minimum Gasteiger partial charge on any atom is -0.508 e. The molecule has 0 aliphatic rings. The van der Waals surface area contributed by atoms with E-state index in [1.54, 1.807) is 0 Å². The second kappa shape index (κ2) is 7.32. The maximum atomic E-state index is 9.92. The second-order valence-corrected chi connectivity index (χ2v) is 6.49. The van der Waals surface area contributed by atoms with Crippen LogP contribution in [0.3, 0.4) is 0 Å². The van der Waals surface area contributed by atoms with Crippen LogP contribution in [0, 0.1) is 20.8 Å². The average Bonchev–Trinajstić information content (AvgIpc) is 2.47. The van der Waals surface area contributed by atoms with E-state index >= 15 is 0 Å². The lowest BCUT2D eigenvalue weighted by Gasteiger charge is -2.10. The van der Waals surface area contributed by atoms with Gasteiger partial charge in [-0.15, -0.1) is 0 Å². The molecule has 0 spiro atoms. The molecule has 1 nitrogen and oxygen atoms in total. The molecule has 0 saturated carbocycles. The van der Waals surface area contributed by atoms with Crippen LogP contribution >= 0.6 is 0 Å². The highest BCUT2D eigenvalue weighted by Crippen LogP contribution is 2.25. The lowest BCUT2D eigenvalue weighted by Crippen LogP contribution is -1.93. The van der Waals surface area contributed by atoms with Crippen LogP contribution in [0.4, 0.5) is 0 Å². The number of benzene rings is 2. The molecule has 0 fully saturated rings. The summed E-state index contributed by atoms with van der Waals surface area (Å²) in [6.45, 7) is 10.5. The molecule has 2 aromatic rings. The Morgan fingerprint density at radius 2 is 1.65 bits per heavy atom. The van der Waals surface area contributed by atoms with Crippen molar-refractivity contribution in [1.82, 2.24) is 0 Å². The fraction of sp³-hybridized carbons (Fsp3) is 0.273. The molecule has 0 aliphatic carbocycles. The number of phenols is 1. The predicted molar refractivity (Wildman–Crippen MR) is 101 cm³/mol. The zero-order chi connectivity index (χ0) is 17.0. The van der Waals surface area contributed by atoms with Crippen molar-refractivity contribution in [2.24, 2.45) is 0 Å². The maximum Gasteiger partial charge on any atom is 0.116 e. The van der Waals surface area contributed by atoms with Crippen molar-refractivity contribution in [3.63, 3.8) is 0 Å². The van der Waals surface area contributed by atoms with Crippen LogP contribution in [0.1, 0.15) is 47.2 Å². The molecular formula is C22H26O. The van der Waals surface area contributed by atoms with Gasteiger partial charge in [0.05, 0.1) is 0 Å². The van der Waals surface area contributed by atoms with Crippen molar-refractivity contribution in [3.8, 4) is 5.75 Å². The summed E-state index contributed by atoms with van der Waals surface area (Å²) in [7, 11) is 0. The van der Waals surface area contributed by atoms with Crippen LogP contribution in [-0.4, -0.2) is 5.11 Å². The quantitative estimate of drug-likeness (QED) is 0.543. The molecule has 0 unspecified atom stereocenters. The molecule has 0 aromatic heterocycles. The van der Waals surface area contributed by atoms with Crippen molar-refractivity contribution >= 4 is 12.2 Å². The first-order valence-electron chi connectivity index (χ1n) is 8.08. The standard InChI is InChI=1S/C22H26O/c1-15(2)6-11-22-18(5)13-21(23)14-20(22)10-9-19-8-7-16(3)17(4)12-19/h6-10,12-14,23H,11H2,1-5H3/b10-9+. The van der Waals surface area contributed by atoms with Gasteiger partial charge in [0, 0.05) is 0 Å². The van der Waals surface area contributed by atoms with Gasteiger partial charge >= 0.3 is 0 Å². The Balaban J connectivity index is 2.39. The summed E-state index contributed by atoms with van der Waals surface area (Å²) >= 11 is 0. The lowest BCUT2D eigenvalue weighted by molar-refractivity contribution is 0.474. The normalized spacial score (nSPS) is 11.0. The van der Waals surface area contributed by atoms with Crippen LogP contribution in [0.25, 0.3) is 12.2 Å². The van der Waals surface area contributed by atoms with Crippen LogP contribution in [0.15, 0.2) is 42.0 Å². The molecule has 0 saturated heterocycles. The first-order valence-corrected chi connectivity index (χ1v) is 8.08. The number of allylic oxidation sites excluding steroid dienone is 2. The van der Waals surface area contributed by atoms with Gasteiger partial charge in [-0.1, -0.05) is 42.0 Å². The van der Waals surface area contributed by atoms with Crippen molar-refractivity contribution in [2.75, 3.05) is 0 Å². The highest BCUT2D eigenvalue weighted by atomic mass is 16.3. The number of aromatic hydroxyl groups is 1. The van der Waals surface area contributed by atoms with Crippen LogP contribution in [0.2, 0.25) is 0 Å². The summed E-state index contributed by atoms with van der Waals surface area (Å²) in [5.41, 5.74) is 8.57. The summed E-state index contributed by atoms with van der Waals surface area (Å²) in [4.78, 5) is 0. The summed E-state index contributed by atoms with van der Waals surface area (Å²) in [6, 6.07) is 10.1. The smallest absolute Gasteiger partial charge is 0.116 e. The highest BCUT2D eigenvalue weighted by Gasteiger charge is 2.05. The van der Waals surface area contributed by atoms with E-state index in [4.69, 9.17) is 0 Å². The molecule has 1 heteroatoms. The van der Waals surface area contributed by atoms with Crippen LogP contribution in [0.5, 0.6) is 5.75 Å². The molecule has 120 valence electrons. The fourth-order valence-corrected chi connectivity index (χ4v) is 2.61. The largest absolute Gasteiger partial charge is 0.508 e. The molecule has 0 aliphatic heterocycles. The fourth-order valence-electron chi connectivity index (χ4n) is 2.61. The molecule has 2 rings (SSSR count). The van der Waals surface area contributed by atoms with Crippen LogP contribution < -0.4 is 0 Å². The van der Waals surface area contributed by atoms with Gasteiger partial charge in [0.15, 0.2) is 0 Å². The molecule has 0 bridgehead atoms. The SMILES string of the molecule is CC(C)=CCc1c(C)cc(O)cc1/C=C/c1ccc(C)c(C)c1. The molecule has 0 radical (unpaired) electrons. The maximum absolute atomic E-state index is 9.92. The Morgan fingerprint density at radius 3 is 2.30 bits per heavy atom. The minimum atomic E-state index is 0.322. The number of hydrogen-bond acceptors (Lipinski definition) is 1. The van der Waals surface area contributed by atoms with Gasteiger partial charge < -0.3 is 5.11 Å². The van der Waals surface area contributed by atoms with Gasteiger partial charge in [-0.05, 0) is 86.6 Å². The van der Waals surface area contributed by atoms with Gasteiger partial charge in [-0.25, -0.2) is 0 Å². The lowest BCUT2D eigenvalue weighted by atomic mass is 9.96. The monoisotopic (exact) mass is 306 g/mol. The van der Waals surface area contributed by atoms with Crippen LogP contribution in [-0.2, 0) is 6.42 Å². The third-order valence-corrected chi connectivity index (χ3v) is 4.19. The first-order chi connectivity index (χ1) is 10.9. The molecule has 2 aromatic carbocycles. The number of rotatable bonds is 4. The van der Waals surface area contributed by atoms with Crippen molar-refractivity contribution in [1.29, 1.82) is 0 Å². The van der Waals surface area contributed by atoms with Gasteiger partial charge in [0.1, 0.15) is 5.75 Å². The predicted octanol–water partition coefficient (Wildman–Crippen LogP) is 6.00. The molecule has 0 atom stereocenters. The molecule has 23 heavy (non-hydrogen) atoms.